The summed E-state index contributed by atoms with van der Waals surface area (Å²) >= 11 is 5.75. The van der Waals surface area contributed by atoms with Gasteiger partial charge in [-0.15, -0.1) is 0 Å². The second-order valence-corrected chi connectivity index (χ2v) is 8.64. The van der Waals surface area contributed by atoms with E-state index in [1.165, 1.54) is 5.56 Å². The van der Waals surface area contributed by atoms with E-state index in [-0.39, 0.29) is 6.04 Å². The van der Waals surface area contributed by atoms with E-state index in [4.69, 9.17) is 26.1 Å². The lowest BCUT2D eigenvalue weighted by Crippen LogP contribution is -2.45. The van der Waals surface area contributed by atoms with Crippen LogP contribution in [0.25, 0.3) is 17.0 Å². The summed E-state index contributed by atoms with van der Waals surface area (Å²) in [6.45, 7) is 6.65. The Labute approximate surface area is 197 Å². The first-order valence-corrected chi connectivity index (χ1v) is 11.2. The zero-order chi connectivity index (χ0) is 22.9. The van der Waals surface area contributed by atoms with Crippen LogP contribution in [0.5, 0.6) is 0 Å². The van der Waals surface area contributed by atoms with Crippen LogP contribution in [-0.4, -0.2) is 20.2 Å². The maximum Gasteiger partial charge on any atom is 0.258 e. The van der Waals surface area contributed by atoms with Crippen LogP contribution in [0, 0.1) is 13.8 Å². The quantitative estimate of drug-likeness (QED) is 0.380. The van der Waals surface area contributed by atoms with Gasteiger partial charge in [-0.25, -0.2) is 0 Å². The van der Waals surface area contributed by atoms with Crippen molar-refractivity contribution >= 4 is 22.9 Å². The predicted octanol–water partition coefficient (Wildman–Crippen LogP) is 5.81. The lowest BCUT2D eigenvalue weighted by atomic mass is 9.94. The van der Waals surface area contributed by atoms with Gasteiger partial charge in [0.2, 0.25) is 5.82 Å². The second kappa shape index (κ2) is 8.67. The fraction of sp³-hybridized carbons (Fsp3) is 0.192. The first-order valence-electron chi connectivity index (χ1n) is 10.8. The van der Waals surface area contributed by atoms with Gasteiger partial charge in [-0.2, -0.15) is 4.98 Å². The number of benzene rings is 2. The van der Waals surface area contributed by atoms with E-state index in [0.29, 0.717) is 23.4 Å². The van der Waals surface area contributed by atoms with Gasteiger partial charge in [0.1, 0.15) is 5.76 Å². The van der Waals surface area contributed by atoms with Crippen LogP contribution in [0.1, 0.15) is 41.3 Å². The number of hydrogen-bond acceptors (Lipinski definition) is 5. The molecule has 0 bridgehead atoms. The fourth-order valence-corrected chi connectivity index (χ4v) is 4.37. The highest BCUT2D eigenvalue weighted by molar-refractivity contribution is 7.80. The van der Waals surface area contributed by atoms with Crippen LogP contribution in [-0.2, 0) is 6.54 Å². The molecule has 2 aromatic heterocycles. The van der Waals surface area contributed by atoms with Crippen molar-refractivity contribution in [1.29, 1.82) is 0 Å². The molecule has 1 atom stereocenters. The average Bonchev–Trinajstić information content (AvgIpc) is 3.49. The highest BCUT2D eigenvalue weighted by Gasteiger charge is 2.34. The Morgan fingerprint density at radius 1 is 1.00 bits per heavy atom. The highest BCUT2D eigenvalue weighted by Crippen LogP contribution is 2.38. The Kier molecular flexibility index (Phi) is 5.56. The van der Waals surface area contributed by atoms with Gasteiger partial charge >= 0.3 is 0 Å². The summed E-state index contributed by atoms with van der Waals surface area (Å²) < 4.78 is 11.4. The van der Waals surface area contributed by atoms with Crippen molar-refractivity contribution < 1.29 is 8.94 Å². The number of furan rings is 1. The number of thiocarbonyl (C=S) groups is 1. The summed E-state index contributed by atoms with van der Waals surface area (Å²) in [4.78, 5) is 6.78. The summed E-state index contributed by atoms with van der Waals surface area (Å²) in [5.41, 5.74) is 6.16. The number of aryl methyl sites for hydroxylation is 2. The third kappa shape index (κ3) is 4.19. The van der Waals surface area contributed by atoms with Crippen molar-refractivity contribution in [2.45, 2.75) is 33.4 Å². The summed E-state index contributed by atoms with van der Waals surface area (Å²) in [5.74, 6) is 1.84. The molecule has 33 heavy (non-hydrogen) atoms. The Balaban J connectivity index is 1.60. The molecule has 0 aliphatic carbocycles. The molecule has 7 heteroatoms. The average molecular weight is 457 g/mol. The predicted molar refractivity (Wildman–Crippen MR) is 131 cm³/mol. The molecule has 1 aliphatic rings. The van der Waals surface area contributed by atoms with Gasteiger partial charge in [0.25, 0.3) is 5.89 Å². The van der Waals surface area contributed by atoms with Crippen LogP contribution in [0.2, 0.25) is 0 Å². The number of rotatable bonds is 5. The molecule has 6 nitrogen and oxygen atoms in total. The zero-order valence-electron chi connectivity index (χ0n) is 18.7. The molecular formula is C26H24N4O2S. The summed E-state index contributed by atoms with van der Waals surface area (Å²) in [6, 6.07) is 20.0. The van der Waals surface area contributed by atoms with Crippen molar-refractivity contribution in [2.75, 3.05) is 0 Å². The monoisotopic (exact) mass is 456 g/mol. The number of nitrogens with one attached hydrogen (secondary N) is 1. The van der Waals surface area contributed by atoms with Gasteiger partial charge in [-0.05, 0) is 56.8 Å². The van der Waals surface area contributed by atoms with Gasteiger partial charge in [0.15, 0.2) is 5.11 Å². The minimum atomic E-state index is -0.211. The van der Waals surface area contributed by atoms with Crippen LogP contribution in [0.3, 0.4) is 0 Å². The number of aromatic nitrogens is 2. The normalized spacial score (nSPS) is 16.3. The molecule has 0 saturated carbocycles. The topological polar surface area (TPSA) is 67.3 Å². The maximum absolute atomic E-state index is 5.81. The second-order valence-electron chi connectivity index (χ2n) is 8.25. The number of nitrogens with zero attached hydrogens (tertiary/aromatic N) is 3. The standard InChI is InChI=1S/C26H24N4O2S/c1-16-9-11-19(12-10-16)23-22(18(3)30(26(33)27-23)15-21-8-5-13-31-21)25-28-24(29-32-25)20-7-4-6-17(2)14-20/h4-14,23H,15H2,1-3H3,(H,27,33). The fourth-order valence-electron chi connectivity index (χ4n) is 4.05. The first-order chi connectivity index (χ1) is 16.0. The number of hydrogen-bond donors (Lipinski definition) is 1. The molecule has 0 saturated heterocycles. The molecule has 166 valence electrons. The molecule has 1 N–H and O–H groups in total. The molecule has 1 unspecified atom stereocenters. The smallest absolute Gasteiger partial charge is 0.258 e. The van der Waals surface area contributed by atoms with Crippen LogP contribution in [0.4, 0.5) is 0 Å². The van der Waals surface area contributed by atoms with E-state index in [2.05, 4.69) is 41.7 Å². The Morgan fingerprint density at radius 3 is 2.55 bits per heavy atom. The maximum atomic E-state index is 5.81. The minimum absolute atomic E-state index is 0.211. The highest BCUT2D eigenvalue weighted by atomic mass is 32.1. The summed E-state index contributed by atoms with van der Waals surface area (Å²) in [6.07, 6.45) is 1.66. The van der Waals surface area contributed by atoms with Crippen molar-refractivity contribution in [3.63, 3.8) is 0 Å². The van der Waals surface area contributed by atoms with E-state index < -0.39 is 0 Å². The Bertz CT molecular complexity index is 1320. The third-order valence-electron chi connectivity index (χ3n) is 5.83. The van der Waals surface area contributed by atoms with Crippen molar-refractivity contribution in [1.82, 2.24) is 20.4 Å². The molecule has 0 amide bonds. The Hall–Kier alpha value is -3.71. The van der Waals surface area contributed by atoms with Gasteiger partial charge in [-0.1, -0.05) is 58.7 Å². The summed E-state index contributed by atoms with van der Waals surface area (Å²) in [5, 5.41) is 8.39. The lowest BCUT2D eigenvalue weighted by molar-refractivity contribution is 0.382. The third-order valence-corrected chi connectivity index (χ3v) is 6.17. The SMILES string of the molecule is CC1=C(c2nc(-c3cccc(C)c3)no2)C(c2ccc(C)cc2)NC(=S)N1Cc1ccco1. The zero-order valence-corrected chi connectivity index (χ0v) is 19.5. The molecule has 1 aliphatic heterocycles. The van der Waals surface area contributed by atoms with Crippen LogP contribution >= 0.6 is 12.2 Å². The van der Waals surface area contributed by atoms with Crippen LogP contribution in [0.15, 0.2) is 81.6 Å². The van der Waals surface area contributed by atoms with E-state index >= 15 is 0 Å². The van der Waals surface area contributed by atoms with E-state index in [1.54, 1.807) is 6.26 Å². The Morgan fingerprint density at radius 2 is 1.82 bits per heavy atom. The molecular weight excluding hydrogens is 432 g/mol. The van der Waals surface area contributed by atoms with Gasteiger partial charge < -0.3 is 19.2 Å². The van der Waals surface area contributed by atoms with E-state index in [9.17, 15) is 0 Å². The van der Waals surface area contributed by atoms with Crippen molar-refractivity contribution in [2.24, 2.45) is 0 Å². The summed E-state index contributed by atoms with van der Waals surface area (Å²) in [7, 11) is 0. The molecule has 5 rings (SSSR count). The lowest BCUT2D eigenvalue weighted by Gasteiger charge is -2.37. The molecule has 0 radical (unpaired) electrons. The molecule has 3 heterocycles. The van der Waals surface area contributed by atoms with Gasteiger partial charge in [0.05, 0.1) is 24.4 Å². The first kappa shape index (κ1) is 21.2. The van der Waals surface area contributed by atoms with Crippen molar-refractivity contribution in [3.05, 3.63) is 101 Å². The van der Waals surface area contributed by atoms with Crippen LogP contribution < -0.4 is 5.32 Å². The van der Waals surface area contributed by atoms with Crippen molar-refractivity contribution in [3.8, 4) is 11.4 Å². The van der Waals surface area contributed by atoms with E-state index in [1.807, 2.05) is 55.1 Å². The number of allylic oxidation sites excluding steroid dienone is 1. The molecule has 2 aromatic carbocycles. The molecule has 0 spiro atoms. The molecule has 4 aromatic rings. The minimum Gasteiger partial charge on any atom is -0.467 e. The molecule has 0 fully saturated rings. The van der Waals surface area contributed by atoms with Gasteiger partial charge in [-0.3, -0.25) is 0 Å². The van der Waals surface area contributed by atoms with Gasteiger partial charge in [0, 0.05) is 11.3 Å². The largest absolute Gasteiger partial charge is 0.467 e. The van der Waals surface area contributed by atoms with E-state index in [0.717, 1.165) is 33.7 Å².